The van der Waals surface area contributed by atoms with Crippen molar-refractivity contribution in [3.63, 3.8) is 0 Å². The van der Waals surface area contributed by atoms with Gasteiger partial charge in [-0.1, -0.05) is 25.4 Å². The lowest BCUT2D eigenvalue weighted by Gasteiger charge is -2.31. The van der Waals surface area contributed by atoms with Crippen molar-refractivity contribution in [1.29, 1.82) is 0 Å². The van der Waals surface area contributed by atoms with Gasteiger partial charge in [0.05, 0.1) is 48.8 Å². The Bertz CT molecular complexity index is 1520. The van der Waals surface area contributed by atoms with Crippen molar-refractivity contribution >= 4 is 35.0 Å². The minimum Gasteiger partial charge on any atom is -0.465 e. The molecule has 0 radical (unpaired) electrons. The third-order valence-corrected chi connectivity index (χ3v) is 8.90. The van der Waals surface area contributed by atoms with Crippen molar-refractivity contribution < 1.29 is 24.2 Å². The number of aryl methyl sites for hydroxylation is 2. The number of likely N-dealkylation sites (tertiary alicyclic amines) is 1. The van der Waals surface area contributed by atoms with Gasteiger partial charge in [0.15, 0.2) is 0 Å². The topological polar surface area (TPSA) is 117 Å². The molecule has 0 bridgehead atoms. The standard InChI is InChI=1S/C28H30ClN5O5/c1-14-7-17(29)8-20(19(14)9-18-12-32(27(37)38)5-6-39-18)23-24-15(2)16(11-34(24)31-13-30-23)10-33-25(35)21-22(26(33)36)28(21,3)4/h7-8,11,13,18,21-22H,5-6,9-10,12H2,1-4H3,(H,37,38)/t18-,21?,22?/m1/s1. The van der Waals surface area contributed by atoms with Crippen LogP contribution in [0, 0.1) is 31.1 Å². The molecule has 0 spiro atoms. The molecule has 3 aromatic rings. The number of carboxylic acid groups (broad SMARTS) is 1. The molecule has 11 heteroatoms. The molecule has 4 heterocycles. The minimum absolute atomic E-state index is 0.105. The molecule has 3 amide bonds. The van der Waals surface area contributed by atoms with Gasteiger partial charge in [-0.25, -0.2) is 14.3 Å². The number of rotatable bonds is 5. The Morgan fingerprint density at radius 1 is 1.21 bits per heavy atom. The summed E-state index contributed by atoms with van der Waals surface area (Å²) in [6, 6.07) is 3.74. The van der Waals surface area contributed by atoms with E-state index in [9.17, 15) is 19.5 Å². The summed E-state index contributed by atoms with van der Waals surface area (Å²) in [6.45, 7) is 9.00. The van der Waals surface area contributed by atoms with Crippen LogP contribution in [0.3, 0.4) is 0 Å². The second-order valence-electron chi connectivity index (χ2n) is 11.4. The number of halogens is 1. The second kappa shape index (κ2) is 9.02. The predicted octanol–water partition coefficient (Wildman–Crippen LogP) is 3.73. The highest BCUT2D eigenvalue weighted by molar-refractivity contribution is 6.31. The minimum atomic E-state index is -0.957. The molecule has 1 N–H and O–H groups in total. The highest BCUT2D eigenvalue weighted by Gasteiger charge is 2.72. The number of hydrogen-bond acceptors (Lipinski definition) is 6. The number of imide groups is 1. The van der Waals surface area contributed by atoms with E-state index < -0.39 is 6.09 Å². The number of amides is 3. The van der Waals surface area contributed by atoms with Crippen LogP contribution in [0.15, 0.2) is 24.7 Å². The molecule has 1 aliphatic carbocycles. The maximum atomic E-state index is 13.0. The monoisotopic (exact) mass is 551 g/mol. The van der Waals surface area contributed by atoms with Crippen molar-refractivity contribution in [2.24, 2.45) is 17.3 Å². The number of aromatic nitrogens is 3. The van der Waals surface area contributed by atoms with E-state index in [2.05, 4.69) is 10.1 Å². The van der Waals surface area contributed by atoms with Crippen LogP contribution >= 0.6 is 11.6 Å². The van der Waals surface area contributed by atoms with Crippen LogP contribution in [0.25, 0.3) is 16.8 Å². The molecule has 39 heavy (non-hydrogen) atoms. The Hall–Kier alpha value is -3.50. The Morgan fingerprint density at radius 2 is 1.92 bits per heavy atom. The highest BCUT2D eigenvalue weighted by atomic mass is 35.5. The summed E-state index contributed by atoms with van der Waals surface area (Å²) in [7, 11) is 0. The Labute approximate surface area is 230 Å². The van der Waals surface area contributed by atoms with E-state index in [4.69, 9.17) is 16.3 Å². The first kappa shape index (κ1) is 25.8. The number of carbonyl (C=O) groups is 3. The SMILES string of the molecule is Cc1cc(Cl)cc(-c2ncnn3cc(CN4C(=O)C5C(C4=O)C5(C)C)c(C)c23)c1C[C@@H]1CN(C(=O)O)CCO1. The molecule has 3 fully saturated rings. The third kappa shape index (κ3) is 4.08. The van der Waals surface area contributed by atoms with Crippen LogP contribution in [-0.2, 0) is 27.3 Å². The first-order valence-corrected chi connectivity index (χ1v) is 13.4. The fraction of sp³-hybridized carbons (Fsp3) is 0.464. The summed E-state index contributed by atoms with van der Waals surface area (Å²) >= 11 is 6.51. The Morgan fingerprint density at radius 3 is 2.62 bits per heavy atom. The van der Waals surface area contributed by atoms with Crippen LogP contribution in [0.4, 0.5) is 4.79 Å². The van der Waals surface area contributed by atoms with E-state index in [0.29, 0.717) is 30.3 Å². The zero-order valence-electron chi connectivity index (χ0n) is 22.3. The number of carbonyl (C=O) groups excluding carboxylic acids is 2. The summed E-state index contributed by atoms with van der Waals surface area (Å²) in [6.07, 6.45) is 2.54. The lowest BCUT2D eigenvalue weighted by molar-refractivity contribution is -0.143. The summed E-state index contributed by atoms with van der Waals surface area (Å²) < 4.78 is 7.66. The molecule has 2 saturated heterocycles. The summed E-state index contributed by atoms with van der Waals surface area (Å²) in [5.41, 5.74) is 5.60. The molecule has 6 rings (SSSR count). The predicted molar refractivity (Wildman–Crippen MR) is 142 cm³/mol. The van der Waals surface area contributed by atoms with Crippen molar-refractivity contribution in [2.45, 2.75) is 46.8 Å². The number of morpholine rings is 1. The van der Waals surface area contributed by atoms with Gasteiger partial charge in [0.2, 0.25) is 11.8 Å². The molecule has 2 aliphatic heterocycles. The number of benzene rings is 1. The van der Waals surface area contributed by atoms with Gasteiger partial charge < -0.3 is 14.7 Å². The molecule has 1 aromatic carbocycles. The molecular weight excluding hydrogens is 522 g/mol. The lowest BCUT2D eigenvalue weighted by Crippen LogP contribution is -2.45. The number of fused-ring (bicyclic) bond motifs is 2. The normalized spacial score (nSPS) is 24.0. The maximum Gasteiger partial charge on any atom is 0.407 e. The average Bonchev–Trinajstić information content (AvgIpc) is 3.16. The largest absolute Gasteiger partial charge is 0.465 e. The van der Waals surface area contributed by atoms with Crippen LogP contribution < -0.4 is 0 Å². The summed E-state index contributed by atoms with van der Waals surface area (Å²) in [5, 5.41) is 14.4. The van der Waals surface area contributed by atoms with Gasteiger partial charge in [0.25, 0.3) is 0 Å². The van der Waals surface area contributed by atoms with Gasteiger partial charge in [0.1, 0.15) is 6.33 Å². The van der Waals surface area contributed by atoms with E-state index in [0.717, 1.165) is 33.3 Å². The first-order valence-electron chi connectivity index (χ1n) is 13.0. The van der Waals surface area contributed by atoms with Crippen LogP contribution in [0.5, 0.6) is 0 Å². The summed E-state index contributed by atoms with van der Waals surface area (Å²) in [5.74, 6) is -0.666. The fourth-order valence-corrected chi connectivity index (χ4v) is 6.67. The van der Waals surface area contributed by atoms with E-state index in [1.165, 1.54) is 16.1 Å². The molecule has 204 valence electrons. The smallest absolute Gasteiger partial charge is 0.407 e. The molecule has 2 aromatic heterocycles. The lowest BCUT2D eigenvalue weighted by atomic mass is 9.93. The molecular formula is C28H30ClN5O5. The van der Waals surface area contributed by atoms with Gasteiger partial charge in [-0.15, -0.1) is 0 Å². The van der Waals surface area contributed by atoms with Crippen LogP contribution in [0.2, 0.25) is 5.02 Å². The van der Waals surface area contributed by atoms with Crippen molar-refractivity contribution in [3.8, 4) is 11.3 Å². The summed E-state index contributed by atoms with van der Waals surface area (Å²) in [4.78, 5) is 44.9. The molecule has 3 atom stereocenters. The van der Waals surface area contributed by atoms with Crippen molar-refractivity contribution in [1.82, 2.24) is 24.4 Å². The van der Waals surface area contributed by atoms with Gasteiger partial charge in [-0.05, 0) is 53.6 Å². The average molecular weight is 552 g/mol. The van der Waals surface area contributed by atoms with Crippen LogP contribution in [-0.4, -0.2) is 73.2 Å². The number of hydrogen-bond donors (Lipinski definition) is 1. The molecule has 10 nitrogen and oxygen atoms in total. The molecule has 1 saturated carbocycles. The van der Waals surface area contributed by atoms with Crippen molar-refractivity contribution in [2.75, 3.05) is 19.7 Å². The second-order valence-corrected chi connectivity index (χ2v) is 11.8. The van der Waals surface area contributed by atoms with Crippen LogP contribution in [0.1, 0.15) is 36.1 Å². The van der Waals surface area contributed by atoms with E-state index in [-0.39, 0.29) is 48.3 Å². The highest BCUT2D eigenvalue weighted by Crippen LogP contribution is 2.63. The van der Waals surface area contributed by atoms with Crippen molar-refractivity contribution in [3.05, 3.63) is 51.9 Å². The zero-order chi connectivity index (χ0) is 27.8. The Kier molecular flexibility index (Phi) is 5.96. The molecule has 3 aliphatic rings. The number of ether oxygens (including phenoxy) is 1. The zero-order valence-corrected chi connectivity index (χ0v) is 23.0. The first-order chi connectivity index (χ1) is 18.5. The quantitative estimate of drug-likeness (QED) is 0.480. The van der Waals surface area contributed by atoms with E-state index >= 15 is 0 Å². The van der Waals surface area contributed by atoms with Gasteiger partial charge >= 0.3 is 6.09 Å². The van der Waals surface area contributed by atoms with E-state index in [1.807, 2.05) is 46.0 Å². The number of piperidine rings is 1. The van der Waals surface area contributed by atoms with Gasteiger partial charge in [0, 0.05) is 29.7 Å². The van der Waals surface area contributed by atoms with Gasteiger partial charge in [-0.2, -0.15) is 5.10 Å². The maximum absolute atomic E-state index is 13.0. The Balaban J connectivity index is 1.37. The number of nitrogens with zero attached hydrogens (tertiary/aromatic N) is 5. The third-order valence-electron chi connectivity index (χ3n) is 8.69. The fourth-order valence-electron chi connectivity index (χ4n) is 6.40. The van der Waals surface area contributed by atoms with E-state index in [1.54, 1.807) is 4.52 Å². The molecule has 2 unspecified atom stereocenters. The van der Waals surface area contributed by atoms with Gasteiger partial charge in [-0.3, -0.25) is 14.5 Å².